The molecule has 1 N–H and O–H groups in total. The van der Waals surface area contributed by atoms with Crippen molar-refractivity contribution in [3.63, 3.8) is 0 Å². The first-order valence-corrected chi connectivity index (χ1v) is 6.40. The van der Waals surface area contributed by atoms with Crippen LogP contribution >= 0.6 is 23.2 Å². The van der Waals surface area contributed by atoms with Crippen molar-refractivity contribution in [2.75, 3.05) is 0 Å². The summed E-state index contributed by atoms with van der Waals surface area (Å²) in [4.78, 5) is 4.08. The first-order chi connectivity index (χ1) is 8.65. The molecule has 2 aromatic rings. The average Bonchev–Trinajstić information content (AvgIpc) is 2.80. The molecule has 1 heterocycles. The normalized spacial score (nSPS) is 12.7. The van der Waals surface area contributed by atoms with E-state index in [1.54, 1.807) is 22.9 Å². The van der Waals surface area contributed by atoms with Crippen LogP contribution in [0.1, 0.15) is 30.8 Å². The van der Waals surface area contributed by atoms with Crippen LogP contribution in [0.3, 0.4) is 0 Å². The molecule has 1 aromatic carbocycles. The van der Waals surface area contributed by atoms with Gasteiger partial charge in [0.05, 0.1) is 10.0 Å². The summed E-state index contributed by atoms with van der Waals surface area (Å²) in [6.45, 7) is 2.73. The molecule has 2 rings (SSSR count). The lowest BCUT2D eigenvalue weighted by Gasteiger charge is -2.13. The van der Waals surface area contributed by atoms with E-state index >= 15 is 0 Å². The summed E-state index contributed by atoms with van der Waals surface area (Å²) >= 11 is 12.0. The van der Waals surface area contributed by atoms with Crippen LogP contribution in [0.5, 0.6) is 0 Å². The van der Waals surface area contributed by atoms with E-state index in [1.165, 1.54) is 6.33 Å². The number of aryl methyl sites for hydroxylation is 1. The van der Waals surface area contributed by atoms with E-state index < -0.39 is 6.10 Å². The van der Waals surface area contributed by atoms with E-state index in [0.717, 1.165) is 6.42 Å². The van der Waals surface area contributed by atoms with E-state index in [-0.39, 0.29) is 0 Å². The molecule has 1 aromatic heterocycles. The van der Waals surface area contributed by atoms with Gasteiger partial charge in [-0.1, -0.05) is 42.3 Å². The average molecular weight is 286 g/mol. The summed E-state index contributed by atoms with van der Waals surface area (Å²) in [7, 11) is 0. The molecule has 0 saturated carbocycles. The fourth-order valence-electron chi connectivity index (χ4n) is 1.74. The maximum atomic E-state index is 10.3. The van der Waals surface area contributed by atoms with Gasteiger partial charge in [-0.3, -0.25) is 0 Å². The molecular weight excluding hydrogens is 273 g/mol. The van der Waals surface area contributed by atoms with E-state index in [9.17, 15) is 5.11 Å². The number of hydrogen-bond donors (Lipinski definition) is 1. The van der Waals surface area contributed by atoms with Crippen LogP contribution < -0.4 is 0 Å². The smallest absolute Gasteiger partial charge is 0.160 e. The minimum atomic E-state index is -0.926. The van der Waals surface area contributed by atoms with Crippen molar-refractivity contribution in [3.8, 4) is 0 Å². The summed E-state index contributed by atoms with van der Waals surface area (Å²) in [6, 6.07) is 5.15. The Morgan fingerprint density at radius 1 is 1.39 bits per heavy atom. The third-order valence-electron chi connectivity index (χ3n) is 2.60. The zero-order valence-corrected chi connectivity index (χ0v) is 11.4. The van der Waals surface area contributed by atoms with Crippen molar-refractivity contribution in [1.29, 1.82) is 0 Å². The zero-order chi connectivity index (χ0) is 13.1. The second-order valence-corrected chi connectivity index (χ2v) is 4.67. The van der Waals surface area contributed by atoms with Crippen molar-refractivity contribution < 1.29 is 5.11 Å². The van der Waals surface area contributed by atoms with E-state index in [4.69, 9.17) is 23.2 Å². The fraction of sp³-hybridized carbons (Fsp3) is 0.333. The number of rotatable bonds is 4. The van der Waals surface area contributed by atoms with Crippen molar-refractivity contribution in [2.24, 2.45) is 0 Å². The Labute approximate surface area is 115 Å². The zero-order valence-electron chi connectivity index (χ0n) is 9.85. The number of aliphatic hydroxyl groups excluding tert-OH is 1. The van der Waals surface area contributed by atoms with Crippen molar-refractivity contribution in [1.82, 2.24) is 14.8 Å². The van der Waals surface area contributed by atoms with Crippen molar-refractivity contribution in [3.05, 3.63) is 46.0 Å². The molecule has 0 amide bonds. The number of nitrogens with zero attached hydrogens (tertiary/aromatic N) is 3. The van der Waals surface area contributed by atoms with Crippen LogP contribution in [-0.4, -0.2) is 19.9 Å². The summed E-state index contributed by atoms with van der Waals surface area (Å²) in [5, 5.41) is 15.2. The van der Waals surface area contributed by atoms with Gasteiger partial charge in [-0.25, -0.2) is 9.67 Å². The van der Waals surface area contributed by atoms with E-state index in [0.29, 0.717) is 28.0 Å². The van der Waals surface area contributed by atoms with Gasteiger partial charge in [0.2, 0.25) is 0 Å². The van der Waals surface area contributed by atoms with Gasteiger partial charge in [0, 0.05) is 12.1 Å². The Kier molecular flexibility index (Phi) is 4.22. The number of halogens is 2. The highest BCUT2D eigenvalue weighted by atomic mass is 35.5. The van der Waals surface area contributed by atoms with Gasteiger partial charge in [0.1, 0.15) is 12.4 Å². The molecule has 0 spiro atoms. The molecule has 0 aliphatic rings. The SMILES string of the molecule is CCCn1ncnc1C(O)c1cccc(Cl)c1Cl. The van der Waals surface area contributed by atoms with Gasteiger partial charge in [0.15, 0.2) is 5.82 Å². The molecule has 0 fully saturated rings. The second-order valence-electron chi connectivity index (χ2n) is 3.89. The maximum Gasteiger partial charge on any atom is 0.160 e. The maximum absolute atomic E-state index is 10.3. The highest BCUT2D eigenvalue weighted by molar-refractivity contribution is 6.42. The Morgan fingerprint density at radius 3 is 2.89 bits per heavy atom. The minimum absolute atomic E-state index is 0.345. The van der Waals surface area contributed by atoms with Crippen LogP contribution in [0, 0.1) is 0 Å². The van der Waals surface area contributed by atoms with Crippen LogP contribution in [0.15, 0.2) is 24.5 Å². The summed E-state index contributed by atoms with van der Waals surface area (Å²) in [5.41, 5.74) is 0.537. The lowest BCUT2D eigenvalue weighted by Crippen LogP contribution is -2.11. The Morgan fingerprint density at radius 2 is 2.17 bits per heavy atom. The molecule has 18 heavy (non-hydrogen) atoms. The Hall–Kier alpha value is -1.10. The molecule has 1 atom stereocenters. The molecule has 0 aliphatic carbocycles. The first-order valence-electron chi connectivity index (χ1n) is 5.64. The molecule has 96 valence electrons. The molecule has 6 heteroatoms. The number of hydrogen-bond acceptors (Lipinski definition) is 3. The molecule has 4 nitrogen and oxygen atoms in total. The lowest BCUT2D eigenvalue weighted by molar-refractivity contribution is 0.202. The third kappa shape index (κ3) is 2.51. The first kappa shape index (κ1) is 13.3. The lowest BCUT2D eigenvalue weighted by atomic mass is 10.1. The Balaban J connectivity index is 2.38. The topological polar surface area (TPSA) is 50.9 Å². The predicted octanol–water partition coefficient (Wildman–Crippen LogP) is 3.08. The van der Waals surface area contributed by atoms with Crippen LogP contribution in [0.25, 0.3) is 0 Å². The van der Waals surface area contributed by atoms with Gasteiger partial charge in [-0.15, -0.1) is 0 Å². The molecule has 1 unspecified atom stereocenters. The van der Waals surface area contributed by atoms with E-state index in [2.05, 4.69) is 10.1 Å². The molecule has 0 aliphatic heterocycles. The van der Waals surface area contributed by atoms with Crippen LogP contribution in [-0.2, 0) is 6.54 Å². The Bertz CT molecular complexity index is 542. The van der Waals surface area contributed by atoms with E-state index in [1.807, 2.05) is 6.92 Å². The molecular formula is C12H13Cl2N3O. The van der Waals surface area contributed by atoms with Gasteiger partial charge in [-0.2, -0.15) is 5.10 Å². The summed E-state index contributed by atoms with van der Waals surface area (Å²) < 4.78 is 1.67. The quantitative estimate of drug-likeness (QED) is 0.939. The summed E-state index contributed by atoms with van der Waals surface area (Å²) in [6.07, 6.45) is 1.41. The van der Waals surface area contributed by atoms with Gasteiger partial charge in [-0.05, 0) is 12.5 Å². The van der Waals surface area contributed by atoms with Gasteiger partial charge in [0.25, 0.3) is 0 Å². The van der Waals surface area contributed by atoms with Crippen molar-refractivity contribution >= 4 is 23.2 Å². The highest BCUT2D eigenvalue weighted by Crippen LogP contribution is 2.32. The second kappa shape index (κ2) is 5.69. The van der Waals surface area contributed by atoms with Crippen molar-refractivity contribution in [2.45, 2.75) is 26.0 Å². The number of aliphatic hydroxyl groups is 1. The molecule has 0 bridgehead atoms. The highest BCUT2D eigenvalue weighted by Gasteiger charge is 2.20. The van der Waals surface area contributed by atoms with Gasteiger partial charge < -0.3 is 5.11 Å². The molecule has 0 radical (unpaired) electrons. The monoisotopic (exact) mass is 285 g/mol. The van der Waals surface area contributed by atoms with Crippen LogP contribution in [0.4, 0.5) is 0 Å². The predicted molar refractivity (Wildman–Crippen MR) is 70.8 cm³/mol. The number of aromatic nitrogens is 3. The largest absolute Gasteiger partial charge is 0.380 e. The standard InChI is InChI=1S/C12H13Cl2N3O/c1-2-6-17-12(15-7-16-17)11(18)8-4-3-5-9(13)10(8)14/h3-5,7,11,18H,2,6H2,1H3. The number of benzene rings is 1. The fourth-order valence-corrected chi connectivity index (χ4v) is 2.15. The summed E-state index contributed by atoms with van der Waals surface area (Å²) in [5.74, 6) is 0.473. The van der Waals surface area contributed by atoms with Gasteiger partial charge >= 0.3 is 0 Å². The minimum Gasteiger partial charge on any atom is -0.380 e. The third-order valence-corrected chi connectivity index (χ3v) is 3.44. The van der Waals surface area contributed by atoms with Crippen LogP contribution in [0.2, 0.25) is 10.0 Å². The molecule has 0 saturated heterocycles.